The van der Waals surface area contributed by atoms with Gasteiger partial charge in [0.25, 0.3) is 0 Å². The van der Waals surface area contributed by atoms with Gasteiger partial charge in [0.2, 0.25) is 0 Å². The second kappa shape index (κ2) is 14.5. The summed E-state index contributed by atoms with van der Waals surface area (Å²) in [5.74, 6) is 1.60. The van der Waals surface area contributed by atoms with Crippen LogP contribution in [0.3, 0.4) is 0 Å². The normalized spacial score (nSPS) is 10.5. The Kier molecular flexibility index (Phi) is 14.2. The van der Waals surface area contributed by atoms with Crippen molar-refractivity contribution in [3.05, 3.63) is 78.4 Å². The van der Waals surface area contributed by atoms with Crippen LogP contribution in [0.1, 0.15) is 33.3 Å². The maximum absolute atomic E-state index is 2.42. The molecule has 0 amide bonds. The van der Waals surface area contributed by atoms with Gasteiger partial charge in [0.15, 0.2) is 0 Å². The summed E-state index contributed by atoms with van der Waals surface area (Å²) in [4.78, 5) is 0. The van der Waals surface area contributed by atoms with Gasteiger partial charge in [-0.25, -0.2) is 0 Å². The van der Waals surface area contributed by atoms with E-state index < -0.39 is 0 Å². The van der Waals surface area contributed by atoms with Gasteiger partial charge in [0, 0.05) is 0 Å². The minimum absolute atomic E-state index is 0. The zero-order chi connectivity index (χ0) is 20.1. The molecule has 4 heteroatoms. The van der Waals surface area contributed by atoms with Crippen LogP contribution < -0.4 is 30.1 Å². The number of benzene rings is 2. The van der Waals surface area contributed by atoms with Crippen LogP contribution >= 0.6 is 7.92 Å². The summed E-state index contributed by atoms with van der Waals surface area (Å²) < 4.78 is 0. The van der Waals surface area contributed by atoms with Crippen LogP contribution in [0.15, 0.2) is 72.8 Å². The summed E-state index contributed by atoms with van der Waals surface area (Å²) >= 11 is 0. The summed E-state index contributed by atoms with van der Waals surface area (Å²) in [6.45, 7) is 11.5. The van der Waals surface area contributed by atoms with E-state index in [1.54, 1.807) is 5.30 Å². The van der Waals surface area contributed by atoms with Crippen LogP contribution in [0.4, 0.5) is 0 Å². The predicted octanol–water partition coefficient (Wildman–Crippen LogP) is 1.85. The van der Waals surface area contributed by atoms with Gasteiger partial charge in [0.1, 0.15) is 0 Å². The van der Waals surface area contributed by atoms with Crippen LogP contribution in [0, 0.1) is 18.8 Å². The SMILES string of the molecule is CC(C)CP(CC(C)C)c1cc2ccccc2[cH-]1.Cc1cc2ccccc2[cH-]1.[Cl-].[Cl-].[Ti+4]. The molecule has 4 aromatic rings. The summed E-state index contributed by atoms with van der Waals surface area (Å²) in [5.41, 5.74) is 1.35. The first kappa shape index (κ1) is 30.4. The quantitative estimate of drug-likeness (QED) is 0.220. The van der Waals surface area contributed by atoms with Gasteiger partial charge in [-0.05, 0) is 24.2 Å². The first-order chi connectivity index (χ1) is 13.4. The molecule has 0 radical (unpaired) electrons. The molecule has 31 heavy (non-hydrogen) atoms. The molecule has 0 aliphatic heterocycles. The van der Waals surface area contributed by atoms with Crippen LogP contribution in [0.5, 0.6) is 0 Å². The van der Waals surface area contributed by atoms with Crippen LogP contribution in [-0.2, 0) is 21.7 Å². The molecule has 0 aliphatic rings. The number of rotatable bonds is 5. The van der Waals surface area contributed by atoms with Gasteiger partial charge in [-0.2, -0.15) is 12.1 Å². The molecule has 4 rings (SSSR count). The molecule has 0 saturated carbocycles. The molecule has 0 nitrogen and oxygen atoms in total. The van der Waals surface area contributed by atoms with Crippen molar-refractivity contribution in [1.29, 1.82) is 0 Å². The van der Waals surface area contributed by atoms with Crippen molar-refractivity contribution in [2.45, 2.75) is 34.6 Å². The Morgan fingerprint density at radius 2 is 1.16 bits per heavy atom. The summed E-state index contributed by atoms with van der Waals surface area (Å²) in [6, 6.07) is 26.4. The Hall–Kier alpha value is -0.616. The number of aryl methyl sites for hydroxylation is 1. The van der Waals surface area contributed by atoms with E-state index in [0.717, 1.165) is 11.8 Å². The van der Waals surface area contributed by atoms with Crippen molar-refractivity contribution in [2.24, 2.45) is 11.8 Å². The van der Waals surface area contributed by atoms with Crippen molar-refractivity contribution in [2.75, 3.05) is 12.3 Å². The zero-order valence-electron chi connectivity index (χ0n) is 19.2. The van der Waals surface area contributed by atoms with E-state index in [2.05, 4.69) is 107 Å². The van der Waals surface area contributed by atoms with Crippen molar-refractivity contribution in [3.8, 4) is 0 Å². The van der Waals surface area contributed by atoms with Crippen molar-refractivity contribution in [1.82, 2.24) is 0 Å². The van der Waals surface area contributed by atoms with Crippen LogP contribution in [0.25, 0.3) is 21.5 Å². The topological polar surface area (TPSA) is 0 Å². The number of halogens is 2. The Morgan fingerprint density at radius 1 is 0.710 bits per heavy atom. The second-order valence-electron chi connectivity index (χ2n) is 8.70. The third kappa shape index (κ3) is 9.04. The summed E-state index contributed by atoms with van der Waals surface area (Å²) in [7, 11) is 0.0185. The predicted molar refractivity (Wildman–Crippen MR) is 130 cm³/mol. The summed E-state index contributed by atoms with van der Waals surface area (Å²) in [6.07, 6.45) is 2.73. The van der Waals surface area contributed by atoms with E-state index in [9.17, 15) is 0 Å². The van der Waals surface area contributed by atoms with E-state index in [1.807, 2.05) is 0 Å². The monoisotopic (exact) mass is 506 g/mol. The molecule has 0 bridgehead atoms. The van der Waals surface area contributed by atoms with Crippen molar-refractivity contribution in [3.63, 3.8) is 0 Å². The van der Waals surface area contributed by atoms with Crippen LogP contribution in [-0.4, -0.2) is 12.3 Å². The number of hydrogen-bond donors (Lipinski definition) is 0. The molecule has 4 aromatic carbocycles. The maximum Gasteiger partial charge on any atom is 4.00 e. The molecule has 164 valence electrons. The molecular weight excluding hydrogens is 474 g/mol. The molecule has 0 atom stereocenters. The molecule has 0 fully saturated rings. The van der Waals surface area contributed by atoms with E-state index in [0.29, 0.717) is 0 Å². The third-order valence-electron chi connectivity index (χ3n) is 4.90. The minimum atomic E-state index is 0. The molecule has 0 N–H and O–H groups in total. The number of fused-ring (bicyclic) bond motifs is 2. The average molecular weight is 507 g/mol. The first-order valence-electron chi connectivity index (χ1n) is 10.4. The second-order valence-corrected chi connectivity index (χ2v) is 11.0. The molecular formula is C27H33Cl2PTi. The molecule has 0 aromatic heterocycles. The van der Waals surface area contributed by atoms with Gasteiger partial charge < -0.3 is 24.8 Å². The molecule has 0 spiro atoms. The van der Waals surface area contributed by atoms with Gasteiger partial charge in [-0.3, -0.25) is 0 Å². The van der Waals surface area contributed by atoms with E-state index >= 15 is 0 Å². The molecule has 0 aliphatic carbocycles. The van der Waals surface area contributed by atoms with Gasteiger partial charge in [-0.1, -0.05) is 54.7 Å². The Balaban J connectivity index is 0.000000596. The average Bonchev–Trinajstić information content (AvgIpc) is 3.23. The smallest absolute Gasteiger partial charge is 1.00 e. The standard InChI is InChI=1S/C17H24P.C10H9.2ClH.Ti/c1-13(2)11-18(12-14(3)4)17-9-15-7-5-6-8-16(15)10-17;1-8-6-9-4-2-3-5-10(9)7-8;;;/h5-10,13-14H,11-12H2,1-4H3;2-7H,1H3;2*1H;/q2*-1;;;+4/p-2. The Bertz CT molecular complexity index is 940. The Morgan fingerprint density at radius 3 is 1.61 bits per heavy atom. The van der Waals surface area contributed by atoms with Crippen molar-refractivity contribution < 1.29 is 46.5 Å². The van der Waals surface area contributed by atoms with Gasteiger partial charge >= 0.3 is 21.7 Å². The summed E-state index contributed by atoms with van der Waals surface area (Å²) in [5, 5.41) is 7.12. The largest absolute Gasteiger partial charge is 4.00 e. The van der Waals surface area contributed by atoms with Crippen molar-refractivity contribution >= 4 is 34.8 Å². The molecule has 0 unspecified atom stereocenters. The Labute approximate surface area is 217 Å². The first-order valence-corrected chi connectivity index (χ1v) is 12.2. The van der Waals surface area contributed by atoms with Gasteiger partial charge in [-0.15, -0.1) is 80.9 Å². The maximum atomic E-state index is 2.42. The minimum Gasteiger partial charge on any atom is -1.00 e. The van der Waals surface area contributed by atoms with E-state index in [4.69, 9.17) is 0 Å². The fourth-order valence-corrected chi connectivity index (χ4v) is 6.77. The fourth-order valence-electron chi connectivity index (χ4n) is 3.79. The van der Waals surface area contributed by atoms with Gasteiger partial charge in [0.05, 0.1) is 0 Å². The molecule has 0 heterocycles. The van der Waals surface area contributed by atoms with E-state index in [-0.39, 0.29) is 54.5 Å². The van der Waals surface area contributed by atoms with Crippen LogP contribution in [0.2, 0.25) is 0 Å². The number of hydrogen-bond acceptors (Lipinski definition) is 0. The fraction of sp³-hybridized carbons (Fsp3) is 0.333. The van der Waals surface area contributed by atoms with E-state index in [1.165, 1.54) is 39.4 Å². The zero-order valence-corrected chi connectivity index (χ0v) is 23.2. The third-order valence-corrected chi connectivity index (χ3v) is 8.23. The molecule has 0 saturated heterocycles.